The van der Waals surface area contributed by atoms with E-state index in [1.165, 1.54) is 35.4 Å². The minimum atomic E-state index is -0.312. The van der Waals surface area contributed by atoms with E-state index < -0.39 is 0 Å². The van der Waals surface area contributed by atoms with Gasteiger partial charge < -0.3 is 9.47 Å². The van der Waals surface area contributed by atoms with E-state index in [-0.39, 0.29) is 18.5 Å². The molecule has 6 nitrogen and oxygen atoms in total. The number of halogens is 1. The third-order valence-electron chi connectivity index (χ3n) is 3.83. The Morgan fingerprint density at radius 3 is 2.78 bits per heavy atom. The van der Waals surface area contributed by atoms with E-state index in [0.717, 1.165) is 11.1 Å². The van der Waals surface area contributed by atoms with Crippen molar-refractivity contribution in [2.45, 2.75) is 6.92 Å². The van der Waals surface area contributed by atoms with Crippen LogP contribution in [-0.2, 0) is 4.79 Å². The highest BCUT2D eigenvalue weighted by molar-refractivity contribution is 7.14. The standard InChI is InChI=1S/C19H14FN3O3S/c1-12(24)23(21-9-13-2-7-17-18(8-13)26-11-25-17)19-22-16(10-27-19)14-3-5-15(20)6-4-14/h2-10H,11H2,1H3/b21-9+. The first-order valence-electron chi connectivity index (χ1n) is 8.06. The van der Waals surface area contributed by atoms with Crippen LogP contribution in [0.2, 0.25) is 0 Å². The molecule has 4 rings (SSSR count). The molecule has 0 saturated carbocycles. The molecule has 1 aliphatic heterocycles. The fourth-order valence-electron chi connectivity index (χ4n) is 2.50. The number of rotatable bonds is 4. The number of carbonyl (C=O) groups excluding carboxylic acids is 1. The summed E-state index contributed by atoms with van der Waals surface area (Å²) in [6.07, 6.45) is 1.56. The average molecular weight is 383 g/mol. The lowest BCUT2D eigenvalue weighted by molar-refractivity contribution is -0.116. The van der Waals surface area contributed by atoms with E-state index >= 15 is 0 Å². The number of benzene rings is 2. The number of amides is 1. The van der Waals surface area contributed by atoms with E-state index in [0.29, 0.717) is 22.3 Å². The van der Waals surface area contributed by atoms with Crippen LogP contribution >= 0.6 is 11.3 Å². The normalized spacial score (nSPS) is 12.5. The molecule has 0 radical (unpaired) electrons. The quantitative estimate of drug-likeness (QED) is 0.503. The molecule has 136 valence electrons. The molecule has 1 aromatic heterocycles. The largest absolute Gasteiger partial charge is 0.454 e. The first-order valence-corrected chi connectivity index (χ1v) is 8.94. The van der Waals surface area contributed by atoms with Gasteiger partial charge >= 0.3 is 0 Å². The number of thiazole rings is 1. The molecule has 2 heterocycles. The van der Waals surface area contributed by atoms with Gasteiger partial charge in [-0.25, -0.2) is 9.37 Å². The van der Waals surface area contributed by atoms with Gasteiger partial charge in [0.2, 0.25) is 17.8 Å². The molecule has 0 unspecified atom stereocenters. The van der Waals surface area contributed by atoms with Crippen LogP contribution in [0.15, 0.2) is 52.9 Å². The summed E-state index contributed by atoms with van der Waals surface area (Å²) in [4.78, 5) is 16.5. The second-order valence-electron chi connectivity index (χ2n) is 5.71. The van der Waals surface area contributed by atoms with Gasteiger partial charge in [-0.2, -0.15) is 10.1 Å². The zero-order valence-electron chi connectivity index (χ0n) is 14.3. The molecule has 0 N–H and O–H groups in total. The lowest BCUT2D eigenvalue weighted by Crippen LogP contribution is -2.22. The maximum absolute atomic E-state index is 13.1. The fourth-order valence-corrected chi connectivity index (χ4v) is 3.33. The smallest absolute Gasteiger partial charge is 0.246 e. The number of hydrogen-bond acceptors (Lipinski definition) is 6. The lowest BCUT2D eigenvalue weighted by atomic mass is 10.2. The summed E-state index contributed by atoms with van der Waals surface area (Å²) < 4.78 is 23.7. The number of anilines is 1. The minimum absolute atomic E-state index is 0.195. The first-order chi connectivity index (χ1) is 13.1. The van der Waals surface area contributed by atoms with Crippen molar-refractivity contribution in [2.75, 3.05) is 11.8 Å². The molecule has 1 aliphatic rings. The maximum Gasteiger partial charge on any atom is 0.246 e. The van der Waals surface area contributed by atoms with Gasteiger partial charge in [-0.3, -0.25) is 4.79 Å². The van der Waals surface area contributed by atoms with E-state index in [4.69, 9.17) is 9.47 Å². The number of fused-ring (bicyclic) bond motifs is 1. The van der Waals surface area contributed by atoms with E-state index in [1.807, 2.05) is 6.07 Å². The minimum Gasteiger partial charge on any atom is -0.454 e. The Bertz CT molecular complexity index is 1020. The maximum atomic E-state index is 13.1. The summed E-state index contributed by atoms with van der Waals surface area (Å²) in [6.45, 7) is 1.61. The van der Waals surface area contributed by atoms with Gasteiger partial charge in [0.1, 0.15) is 5.82 Å². The van der Waals surface area contributed by atoms with Gasteiger partial charge in [0.25, 0.3) is 0 Å². The van der Waals surface area contributed by atoms with Crippen molar-refractivity contribution in [3.8, 4) is 22.8 Å². The predicted octanol–water partition coefficient (Wildman–Crippen LogP) is 4.06. The van der Waals surface area contributed by atoms with Gasteiger partial charge in [0.15, 0.2) is 11.5 Å². The Balaban J connectivity index is 1.58. The molecule has 27 heavy (non-hydrogen) atoms. The molecule has 1 amide bonds. The van der Waals surface area contributed by atoms with E-state index in [2.05, 4.69) is 10.1 Å². The first kappa shape index (κ1) is 17.2. The van der Waals surface area contributed by atoms with E-state index in [1.54, 1.807) is 35.9 Å². The SMILES string of the molecule is CC(=O)N(/N=C/c1ccc2c(c1)OCO2)c1nc(-c2ccc(F)cc2)cs1. The third-order valence-corrected chi connectivity index (χ3v) is 4.65. The molecule has 0 spiro atoms. The molecule has 8 heteroatoms. The topological polar surface area (TPSA) is 64.0 Å². The highest BCUT2D eigenvalue weighted by atomic mass is 32.1. The summed E-state index contributed by atoms with van der Waals surface area (Å²) in [7, 11) is 0. The summed E-state index contributed by atoms with van der Waals surface area (Å²) in [5.74, 6) is 0.737. The zero-order chi connectivity index (χ0) is 18.8. The van der Waals surface area contributed by atoms with Crippen LogP contribution in [0.4, 0.5) is 9.52 Å². The van der Waals surface area contributed by atoms with Crippen LogP contribution in [0.25, 0.3) is 11.3 Å². The number of nitrogens with zero attached hydrogens (tertiary/aromatic N) is 3. The van der Waals surface area contributed by atoms with Crippen LogP contribution in [0.1, 0.15) is 12.5 Å². The van der Waals surface area contributed by atoms with E-state index in [9.17, 15) is 9.18 Å². The van der Waals surface area contributed by atoms with Gasteiger partial charge in [-0.15, -0.1) is 11.3 Å². The molecule has 2 aromatic carbocycles. The highest BCUT2D eigenvalue weighted by Gasteiger charge is 2.16. The number of carbonyl (C=O) groups is 1. The number of hydrazone groups is 1. The number of hydrogen-bond donors (Lipinski definition) is 0. The van der Waals surface area contributed by atoms with Gasteiger partial charge in [-0.1, -0.05) is 0 Å². The van der Waals surface area contributed by atoms with Crippen LogP contribution in [-0.4, -0.2) is 23.9 Å². The van der Waals surface area contributed by atoms with Gasteiger partial charge in [-0.05, 0) is 48.0 Å². The summed E-state index contributed by atoms with van der Waals surface area (Å²) >= 11 is 1.28. The molecule has 0 fully saturated rings. The van der Waals surface area contributed by atoms with Crippen LogP contribution in [0.5, 0.6) is 11.5 Å². The van der Waals surface area contributed by atoms with Crippen molar-refractivity contribution >= 4 is 28.6 Å². The lowest BCUT2D eigenvalue weighted by Gasteiger charge is -2.10. The Labute approximate surface area is 158 Å². The molecule has 3 aromatic rings. The summed E-state index contributed by atoms with van der Waals surface area (Å²) in [6, 6.07) is 11.4. The average Bonchev–Trinajstić information content (AvgIpc) is 3.31. The third kappa shape index (κ3) is 3.65. The molecule has 0 atom stereocenters. The Kier molecular flexibility index (Phi) is 4.55. The molecule has 0 saturated heterocycles. The van der Waals surface area contributed by atoms with Crippen LogP contribution < -0.4 is 14.5 Å². The second-order valence-corrected chi connectivity index (χ2v) is 6.55. The number of aromatic nitrogens is 1. The molecular weight excluding hydrogens is 369 g/mol. The van der Waals surface area contributed by atoms with Crippen molar-refractivity contribution in [3.63, 3.8) is 0 Å². The highest BCUT2D eigenvalue weighted by Crippen LogP contribution is 2.32. The molecular formula is C19H14FN3O3S. The van der Waals surface area contributed by atoms with Crippen molar-refractivity contribution in [1.29, 1.82) is 0 Å². The Morgan fingerprint density at radius 1 is 1.22 bits per heavy atom. The van der Waals surface area contributed by atoms with Gasteiger partial charge in [0, 0.05) is 17.9 Å². The number of ether oxygens (including phenoxy) is 2. The van der Waals surface area contributed by atoms with Crippen molar-refractivity contribution in [2.24, 2.45) is 5.10 Å². The molecule has 0 bridgehead atoms. The van der Waals surface area contributed by atoms with Crippen LogP contribution in [0, 0.1) is 5.82 Å². The van der Waals surface area contributed by atoms with Gasteiger partial charge in [0.05, 0.1) is 11.9 Å². The van der Waals surface area contributed by atoms with Crippen molar-refractivity contribution in [1.82, 2.24) is 4.98 Å². The van der Waals surface area contributed by atoms with Crippen molar-refractivity contribution < 1.29 is 18.7 Å². The molecule has 0 aliphatic carbocycles. The summed E-state index contributed by atoms with van der Waals surface area (Å²) in [5.41, 5.74) is 2.18. The Hall–Kier alpha value is -3.26. The zero-order valence-corrected chi connectivity index (χ0v) is 15.1. The van der Waals surface area contributed by atoms with Crippen LogP contribution in [0.3, 0.4) is 0 Å². The van der Waals surface area contributed by atoms with Crippen molar-refractivity contribution in [3.05, 3.63) is 59.2 Å². The fraction of sp³-hybridized carbons (Fsp3) is 0.105. The Morgan fingerprint density at radius 2 is 2.00 bits per heavy atom. The monoisotopic (exact) mass is 383 g/mol. The second kappa shape index (κ2) is 7.16. The summed E-state index contributed by atoms with van der Waals surface area (Å²) in [5, 5.41) is 7.71. The predicted molar refractivity (Wildman–Crippen MR) is 101 cm³/mol.